The van der Waals surface area contributed by atoms with E-state index in [1.54, 1.807) is 6.33 Å². The van der Waals surface area contributed by atoms with Gasteiger partial charge in [0.1, 0.15) is 6.33 Å². The molecule has 1 heterocycles. The first-order valence-electron chi connectivity index (χ1n) is 5.46. The van der Waals surface area contributed by atoms with Crippen molar-refractivity contribution < 1.29 is 0 Å². The standard InChI is InChI=1S/C13H14IN3/c1-15-13(11-7-16-9-17-8-11)6-10-2-4-12(14)5-3-10/h2-5,7-9,13,15H,6H2,1H3. The minimum absolute atomic E-state index is 0.260. The van der Waals surface area contributed by atoms with Crippen LogP contribution in [0.25, 0.3) is 0 Å². The number of halogens is 1. The van der Waals surface area contributed by atoms with E-state index < -0.39 is 0 Å². The number of nitrogens with one attached hydrogen (secondary N) is 1. The summed E-state index contributed by atoms with van der Waals surface area (Å²) in [5.74, 6) is 0. The summed E-state index contributed by atoms with van der Waals surface area (Å²) in [6.45, 7) is 0. The largest absolute Gasteiger partial charge is 0.313 e. The molecule has 2 rings (SSSR count). The number of likely N-dealkylation sites (N-methyl/N-ethyl adjacent to an activating group) is 1. The van der Waals surface area contributed by atoms with E-state index in [4.69, 9.17) is 0 Å². The maximum atomic E-state index is 4.06. The van der Waals surface area contributed by atoms with Gasteiger partial charge in [0.15, 0.2) is 0 Å². The predicted molar refractivity (Wildman–Crippen MR) is 76.7 cm³/mol. The topological polar surface area (TPSA) is 37.8 Å². The smallest absolute Gasteiger partial charge is 0.115 e. The molecule has 0 aliphatic heterocycles. The van der Waals surface area contributed by atoms with Crippen LogP contribution in [0.15, 0.2) is 43.0 Å². The molecule has 0 aliphatic carbocycles. The molecule has 0 bridgehead atoms. The summed E-state index contributed by atoms with van der Waals surface area (Å²) in [6.07, 6.45) is 6.23. The summed E-state index contributed by atoms with van der Waals surface area (Å²) in [5.41, 5.74) is 2.43. The minimum atomic E-state index is 0.260. The summed E-state index contributed by atoms with van der Waals surface area (Å²) in [5, 5.41) is 3.30. The monoisotopic (exact) mass is 339 g/mol. The maximum absolute atomic E-state index is 4.06. The highest BCUT2D eigenvalue weighted by atomic mass is 127. The van der Waals surface area contributed by atoms with Crippen molar-refractivity contribution in [3.63, 3.8) is 0 Å². The van der Waals surface area contributed by atoms with E-state index in [1.165, 1.54) is 9.13 Å². The molecule has 0 fully saturated rings. The van der Waals surface area contributed by atoms with Gasteiger partial charge in [-0.15, -0.1) is 0 Å². The molecule has 0 saturated carbocycles. The lowest BCUT2D eigenvalue weighted by Crippen LogP contribution is -2.19. The number of benzene rings is 1. The molecule has 1 atom stereocenters. The molecule has 17 heavy (non-hydrogen) atoms. The highest BCUT2D eigenvalue weighted by molar-refractivity contribution is 14.1. The van der Waals surface area contributed by atoms with Gasteiger partial charge in [0, 0.05) is 27.6 Å². The Morgan fingerprint density at radius 3 is 2.41 bits per heavy atom. The summed E-state index contributed by atoms with van der Waals surface area (Å²) in [4.78, 5) is 8.11. The fourth-order valence-electron chi connectivity index (χ4n) is 1.73. The van der Waals surface area contributed by atoms with Crippen LogP contribution in [-0.4, -0.2) is 17.0 Å². The second-order valence-corrected chi connectivity index (χ2v) is 5.09. The molecular weight excluding hydrogens is 325 g/mol. The van der Waals surface area contributed by atoms with Gasteiger partial charge in [0.25, 0.3) is 0 Å². The van der Waals surface area contributed by atoms with Crippen LogP contribution in [0.3, 0.4) is 0 Å². The summed E-state index contributed by atoms with van der Waals surface area (Å²) in [6, 6.07) is 8.84. The van der Waals surface area contributed by atoms with Crippen LogP contribution >= 0.6 is 22.6 Å². The van der Waals surface area contributed by atoms with Crippen LogP contribution in [0.4, 0.5) is 0 Å². The molecule has 4 heteroatoms. The second kappa shape index (κ2) is 6.07. The van der Waals surface area contributed by atoms with Crippen LogP contribution in [0.1, 0.15) is 17.2 Å². The third-order valence-corrected chi connectivity index (χ3v) is 3.40. The van der Waals surface area contributed by atoms with Crippen molar-refractivity contribution >= 4 is 22.6 Å². The Balaban J connectivity index is 2.13. The Labute approximate surface area is 115 Å². The molecule has 0 spiro atoms. The summed E-state index contributed by atoms with van der Waals surface area (Å²) < 4.78 is 1.26. The van der Waals surface area contributed by atoms with Crippen molar-refractivity contribution in [2.24, 2.45) is 0 Å². The van der Waals surface area contributed by atoms with E-state index in [0.29, 0.717) is 0 Å². The summed E-state index contributed by atoms with van der Waals surface area (Å²) >= 11 is 2.32. The van der Waals surface area contributed by atoms with Gasteiger partial charge in [-0.25, -0.2) is 9.97 Å². The van der Waals surface area contributed by atoms with E-state index in [2.05, 4.69) is 62.1 Å². The van der Waals surface area contributed by atoms with E-state index in [0.717, 1.165) is 12.0 Å². The lowest BCUT2D eigenvalue weighted by Gasteiger charge is -2.15. The number of aromatic nitrogens is 2. The third kappa shape index (κ3) is 3.47. The number of hydrogen-bond donors (Lipinski definition) is 1. The highest BCUT2D eigenvalue weighted by Gasteiger charge is 2.10. The van der Waals surface area contributed by atoms with Gasteiger partial charge in [0.05, 0.1) is 0 Å². The molecule has 0 amide bonds. The zero-order valence-electron chi connectivity index (χ0n) is 9.60. The van der Waals surface area contributed by atoms with Gasteiger partial charge in [-0.2, -0.15) is 0 Å². The quantitative estimate of drug-likeness (QED) is 0.870. The Morgan fingerprint density at radius 2 is 1.82 bits per heavy atom. The van der Waals surface area contributed by atoms with Gasteiger partial charge in [-0.1, -0.05) is 12.1 Å². The first-order valence-corrected chi connectivity index (χ1v) is 6.54. The molecule has 0 saturated heterocycles. The van der Waals surface area contributed by atoms with Crippen molar-refractivity contribution in [1.29, 1.82) is 0 Å². The van der Waals surface area contributed by atoms with Crippen molar-refractivity contribution in [3.8, 4) is 0 Å². The SMILES string of the molecule is CNC(Cc1ccc(I)cc1)c1cncnc1. The molecule has 1 aromatic carbocycles. The predicted octanol–water partition coefficient (Wildman–Crippen LogP) is 2.58. The van der Waals surface area contributed by atoms with Crippen molar-refractivity contribution in [1.82, 2.24) is 15.3 Å². The molecule has 0 aliphatic rings. The van der Waals surface area contributed by atoms with Gasteiger partial charge in [-0.3, -0.25) is 0 Å². The second-order valence-electron chi connectivity index (χ2n) is 3.84. The van der Waals surface area contributed by atoms with Gasteiger partial charge in [0.2, 0.25) is 0 Å². The Bertz CT molecular complexity index is 456. The van der Waals surface area contributed by atoms with Crippen molar-refractivity contribution in [3.05, 3.63) is 57.7 Å². The molecule has 1 aromatic heterocycles. The fourth-order valence-corrected chi connectivity index (χ4v) is 2.09. The molecule has 1 N–H and O–H groups in total. The molecule has 3 nitrogen and oxygen atoms in total. The van der Waals surface area contributed by atoms with Crippen LogP contribution in [0.2, 0.25) is 0 Å². The maximum Gasteiger partial charge on any atom is 0.115 e. The number of rotatable bonds is 4. The van der Waals surface area contributed by atoms with Gasteiger partial charge < -0.3 is 5.32 Å². The van der Waals surface area contributed by atoms with E-state index in [1.807, 2.05) is 19.4 Å². The van der Waals surface area contributed by atoms with Crippen molar-refractivity contribution in [2.45, 2.75) is 12.5 Å². The third-order valence-electron chi connectivity index (χ3n) is 2.68. The first kappa shape index (κ1) is 12.4. The fraction of sp³-hybridized carbons (Fsp3) is 0.231. The molecule has 1 unspecified atom stereocenters. The van der Waals surface area contributed by atoms with Crippen LogP contribution in [0, 0.1) is 3.57 Å². The van der Waals surface area contributed by atoms with Crippen molar-refractivity contribution in [2.75, 3.05) is 7.05 Å². The van der Waals surface area contributed by atoms with Gasteiger partial charge >= 0.3 is 0 Å². The Kier molecular flexibility index (Phi) is 4.44. The van der Waals surface area contributed by atoms with E-state index in [-0.39, 0.29) is 6.04 Å². The van der Waals surface area contributed by atoms with Crippen LogP contribution in [-0.2, 0) is 6.42 Å². The van der Waals surface area contributed by atoms with Gasteiger partial charge in [-0.05, 0) is 53.8 Å². The van der Waals surface area contributed by atoms with E-state index in [9.17, 15) is 0 Å². The number of nitrogens with zero attached hydrogens (tertiary/aromatic N) is 2. The number of hydrogen-bond acceptors (Lipinski definition) is 3. The normalized spacial score (nSPS) is 12.4. The minimum Gasteiger partial charge on any atom is -0.313 e. The first-order chi connectivity index (χ1) is 8.29. The average Bonchev–Trinajstić information content (AvgIpc) is 2.39. The highest BCUT2D eigenvalue weighted by Crippen LogP contribution is 2.17. The lowest BCUT2D eigenvalue weighted by atomic mass is 10.0. The molecule has 2 aromatic rings. The van der Waals surface area contributed by atoms with Crippen LogP contribution in [0.5, 0.6) is 0 Å². The summed E-state index contributed by atoms with van der Waals surface area (Å²) in [7, 11) is 1.96. The van der Waals surface area contributed by atoms with Crippen LogP contribution < -0.4 is 5.32 Å². The lowest BCUT2D eigenvalue weighted by molar-refractivity contribution is 0.587. The Morgan fingerprint density at radius 1 is 1.18 bits per heavy atom. The molecular formula is C13H14IN3. The zero-order chi connectivity index (χ0) is 12.1. The Hall–Kier alpha value is -1.01. The molecule has 0 radical (unpaired) electrons. The van der Waals surface area contributed by atoms with E-state index >= 15 is 0 Å². The molecule has 88 valence electrons. The average molecular weight is 339 g/mol. The zero-order valence-corrected chi connectivity index (χ0v) is 11.8.